The summed E-state index contributed by atoms with van der Waals surface area (Å²) < 4.78 is 27.2. The van der Waals surface area contributed by atoms with Crippen molar-refractivity contribution in [2.24, 2.45) is 4.99 Å². The molecule has 1 N–H and O–H groups in total. The normalized spacial score (nSPS) is 18.4. The number of aromatic hydroxyl groups is 1. The molecule has 1 aliphatic heterocycles. The van der Waals surface area contributed by atoms with Crippen LogP contribution in [0.2, 0.25) is 0 Å². The van der Waals surface area contributed by atoms with Crippen molar-refractivity contribution in [1.29, 1.82) is 0 Å². The van der Waals surface area contributed by atoms with Crippen LogP contribution < -0.4 is 0 Å². The third kappa shape index (κ3) is 3.98. The average molecular weight is 403 g/mol. The lowest BCUT2D eigenvalue weighted by atomic mass is 9.97. The molecule has 0 spiro atoms. The Balaban J connectivity index is 1.80. The van der Waals surface area contributed by atoms with Crippen LogP contribution in [0.4, 0.5) is 14.7 Å². The average Bonchev–Trinajstić information content (AvgIpc) is 3.12. The summed E-state index contributed by atoms with van der Waals surface area (Å²) in [7, 11) is 3.68. The number of likely N-dealkylation sites (tertiary alicyclic amines) is 1. The molecule has 0 amide bonds. The topological polar surface area (TPSA) is 82.1 Å². The first kappa shape index (κ1) is 19.4. The molecule has 1 aromatic carbocycles. The van der Waals surface area contributed by atoms with E-state index in [1.165, 1.54) is 0 Å². The van der Waals surface area contributed by atoms with E-state index in [0.29, 0.717) is 41.4 Å². The number of phenols is 1. The molecule has 3 heterocycles. The van der Waals surface area contributed by atoms with Gasteiger partial charge in [0.1, 0.15) is 11.3 Å². The van der Waals surface area contributed by atoms with Crippen LogP contribution in [0, 0.1) is 0 Å². The number of nitrogens with zero attached hydrogens (tertiary/aromatic N) is 7. The van der Waals surface area contributed by atoms with Crippen molar-refractivity contribution in [1.82, 2.24) is 29.4 Å². The first-order valence-corrected chi connectivity index (χ1v) is 9.52. The standard InChI is InChI=1S/C19H23F2N7O/c1-26(2)11-22-19-23-16-13(6-3-7-14(16)29)18-24-17(25-28(18)19)12-5-4-8-27(9-12)10-15(20)21/h3,6-7,11-12,15,29H,4-5,8-10H2,1-2H3. The lowest BCUT2D eigenvalue weighted by Gasteiger charge is -2.30. The van der Waals surface area contributed by atoms with Gasteiger partial charge < -0.3 is 10.0 Å². The van der Waals surface area contributed by atoms with Crippen molar-refractivity contribution in [2.45, 2.75) is 25.2 Å². The van der Waals surface area contributed by atoms with E-state index in [9.17, 15) is 13.9 Å². The van der Waals surface area contributed by atoms with Crippen LogP contribution in [0.25, 0.3) is 16.6 Å². The van der Waals surface area contributed by atoms with Crippen molar-refractivity contribution < 1.29 is 13.9 Å². The number of hydrogen-bond donors (Lipinski definition) is 1. The van der Waals surface area contributed by atoms with Crippen molar-refractivity contribution in [2.75, 3.05) is 33.7 Å². The van der Waals surface area contributed by atoms with E-state index in [1.807, 2.05) is 20.2 Å². The Bertz CT molecular complexity index is 1050. The summed E-state index contributed by atoms with van der Waals surface area (Å²) in [5.41, 5.74) is 0.936. The van der Waals surface area contributed by atoms with E-state index < -0.39 is 6.43 Å². The highest BCUT2D eigenvalue weighted by molar-refractivity contribution is 5.95. The van der Waals surface area contributed by atoms with Gasteiger partial charge in [-0.15, -0.1) is 5.10 Å². The first-order chi connectivity index (χ1) is 13.9. The van der Waals surface area contributed by atoms with E-state index in [2.05, 4.69) is 15.1 Å². The number of halogens is 2. The molecule has 2 aromatic heterocycles. The number of piperidine rings is 1. The lowest BCUT2D eigenvalue weighted by molar-refractivity contribution is 0.0731. The zero-order valence-corrected chi connectivity index (χ0v) is 16.3. The van der Waals surface area contributed by atoms with Gasteiger partial charge in [0, 0.05) is 31.9 Å². The summed E-state index contributed by atoms with van der Waals surface area (Å²) >= 11 is 0. The highest BCUT2D eigenvalue weighted by atomic mass is 19.3. The number of alkyl halides is 2. The molecule has 1 unspecified atom stereocenters. The highest BCUT2D eigenvalue weighted by Gasteiger charge is 2.27. The zero-order valence-electron chi connectivity index (χ0n) is 16.3. The van der Waals surface area contributed by atoms with Crippen molar-refractivity contribution in [3.63, 3.8) is 0 Å². The lowest BCUT2D eigenvalue weighted by Crippen LogP contribution is -2.37. The van der Waals surface area contributed by atoms with Gasteiger partial charge in [-0.1, -0.05) is 6.07 Å². The number of aromatic nitrogens is 4. The van der Waals surface area contributed by atoms with Gasteiger partial charge in [-0.3, -0.25) is 4.90 Å². The SMILES string of the molecule is CN(C)C=Nc1nc2c(O)cccc2c2nc(C3CCCN(CC(F)F)C3)nn12. The van der Waals surface area contributed by atoms with Gasteiger partial charge >= 0.3 is 0 Å². The molecule has 3 aromatic rings. The Morgan fingerprint density at radius 2 is 2.17 bits per heavy atom. The van der Waals surface area contributed by atoms with Crippen molar-refractivity contribution in [3.8, 4) is 5.75 Å². The molecule has 154 valence electrons. The Morgan fingerprint density at radius 1 is 1.34 bits per heavy atom. The maximum absolute atomic E-state index is 12.8. The van der Waals surface area contributed by atoms with Crippen LogP contribution in [-0.2, 0) is 0 Å². The molecular formula is C19H23F2N7O. The van der Waals surface area contributed by atoms with Crippen LogP contribution in [0.5, 0.6) is 5.75 Å². The van der Waals surface area contributed by atoms with Crippen LogP contribution in [-0.4, -0.2) is 81.0 Å². The molecule has 1 fully saturated rings. The fourth-order valence-electron chi connectivity index (χ4n) is 3.67. The fourth-order valence-corrected chi connectivity index (χ4v) is 3.67. The van der Waals surface area contributed by atoms with Gasteiger partial charge in [0.25, 0.3) is 12.4 Å². The number of phenolic OH excluding ortho intramolecular Hbond substituents is 1. The molecule has 0 saturated carbocycles. The fraction of sp³-hybridized carbons (Fsp3) is 0.474. The summed E-state index contributed by atoms with van der Waals surface area (Å²) in [5, 5.41) is 15.5. The second-order valence-corrected chi connectivity index (χ2v) is 7.49. The van der Waals surface area contributed by atoms with E-state index in [-0.39, 0.29) is 18.2 Å². The molecule has 1 saturated heterocycles. The Hall–Kier alpha value is -2.88. The number of hydrogen-bond acceptors (Lipinski definition) is 6. The van der Waals surface area contributed by atoms with Crippen LogP contribution in [0.15, 0.2) is 23.2 Å². The van der Waals surface area contributed by atoms with Crippen molar-refractivity contribution >= 4 is 28.8 Å². The quantitative estimate of drug-likeness (QED) is 0.521. The molecular weight excluding hydrogens is 380 g/mol. The summed E-state index contributed by atoms with van der Waals surface area (Å²) in [6.45, 7) is 0.916. The minimum Gasteiger partial charge on any atom is -0.506 e. The minimum atomic E-state index is -2.36. The summed E-state index contributed by atoms with van der Waals surface area (Å²) in [6, 6.07) is 5.10. The third-order valence-corrected chi connectivity index (χ3v) is 4.95. The van der Waals surface area contributed by atoms with E-state index in [1.54, 1.807) is 32.8 Å². The molecule has 1 atom stereocenters. The molecule has 1 aliphatic rings. The first-order valence-electron chi connectivity index (χ1n) is 9.52. The number of benzene rings is 1. The van der Waals surface area contributed by atoms with E-state index in [4.69, 9.17) is 4.98 Å². The smallest absolute Gasteiger partial charge is 0.254 e. The van der Waals surface area contributed by atoms with Gasteiger partial charge in [-0.25, -0.2) is 23.7 Å². The largest absolute Gasteiger partial charge is 0.506 e. The van der Waals surface area contributed by atoms with E-state index in [0.717, 1.165) is 12.8 Å². The third-order valence-electron chi connectivity index (χ3n) is 4.95. The molecule has 0 radical (unpaired) electrons. The van der Waals surface area contributed by atoms with Gasteiger partial charge in [0.15, 0.2) is 11.5 Å². The number of aliphatic imine (C=N–C) groups is 1. The molecule has 0 bridgehead atoms. The highest BCUT2D eigenvalue weighted by Crippen LogP contribution is 2.31. The molecule has 4 rings (SSSR count). The molecule has 29 heavy (non-hydrogen) atoms. The Labute approximate surface area is 166 Å². The van der Waals surface area contributed by atoms with Crippen LogP contribution in [0.3, 0.4) is 0 Å². The van der Waals surface area contributed by atoms with Crippen LogP contribution in [0.1, 0.15) is 24.6 Å². The van der Waals surface area contributed by atoms with E-state index >= 15 is 0 Å². The maximum atomic E-state index is 12.8. The summed E-state index contributed by atoms with van der Waals surface area (Å²) in [6.07, 6.45) is 0.896. The van der Waals surface area contributed by atoms with Gasteiger partial charge in [-0.2, -0.15) is 4.52 Å². The monoisotopic (exact) mass is 403 g/mol. The predicted molar refractivity (Wildman–Crippen MR) is 106 cm³/mol. The molecule has 8 nitrogen and oxygen atoms in total. The van der Waals surface area contributed by atoms with Gasteiger partial charge in [0.2, 0.25) is 0 Å². The summed E-state index contributed by atoms with van der Waals surface area (Å²) in [4.78, 5) is 17.1. The Kier molecular flexibility index (Phi) is 5.27. The maximum Gasteiger partial charge on any atom is 0.254 e. The zero-order chi connectivity index (χ0) is 20.5. The second-order valence-electron chi connectivity index (χ2n) is 7.49. The van der Waals surface area contributed by atoms with Crippen LogP contribution >= 0.6 is 0 Å². The molecule has 10 heteroatoms. The molecule has 0 aliphatic carbocycles. The summed E-state index contributed by atoms with van der Waals surface area (Å²) in [5.74, 6) is 0.877. The van der Waals surface area contributed by atoms with Gasteiger partial charge in [-0.05, 0) is 31.5 Å². The Morgan fingerprint density at radius 3 is 2.93 bits per heavy atom. The number of rotatable bonds is 5. The second kappa shape index (κ2) is 7.86. The van der Waals surface area contributed by atoms with Gasteiger partial charge in [0.05, 0.1) is 12.9 Å². The number of para-hydroxylation sites is 1. The minimum absolute atomic E-state index is 0.0385. The van der Waals surface area contributed by atoms with Crippen molar-refractivity contribution in [3.05, 3.63) is 24.0 Å². The predicted octanol–water partition coefficient (Wildman–Crippen LogP) is 2.65. The number of fused-ring (bicyclic) bond motifs is 3.